The summed E-state index contributed by atoms with van der Waals surface area (Å²) in [7, 11) is 1.86. The summed E-state index contributed by atoms with van der Waals surface area (Å²) in [5, 5.41) is 3.00. The van der Waals surface area contributed by atoms with Gasteiger partial charge in [-0.15, -0.1) is 0 Å². The van der Waals surface area contributed by atoms with E-state index in [2.05, 4.69) is 10.3 Å². The zero-order valence-electron chi connectivity index (χ0n) is 7.69. The second kappa shape index (κ2) is 3.54. The van der Waals surface area contributed by atoms with Crippen molar-refractivity contribution >= 4 is 0 Å². The lowest BCUT2D eigenvalue weighted by atomic mass is 10.1. The van der Waals surface area contributed by atoms with Crippen LogP contribution in [0.2, 0.25) is 0 Å². The molecule has 0 bridgehead atoms. The molecule has 1 rings (SSSR count). The zero-order chi connectivity index (χ0) is 9.14. The molecule has 0 atom stereocenters. The van der Waals surface area contributed by atoms with Crippen LogP contribution in [0, 0.1) is 13.8 Å². The molecule has 0 saturated heterocycles. The van der Waals surface area contributed by atoms with Crippen LogP contribution in [0.4, 0.5) is 0 Å². The first-order valence-corrected chi connectivity index (χ1v) is 3.99. The number of hydrogen-bond donors (Lipinski definition) is 2. The second-order valence-electron chi connectivity index (χ2n) is 2.93. The van der Waals surface area contributed by atoms with Gasteiger partial charge in [-0.25, -0.2) is 0 Å². The molecule has 0 fully saturated rings. The number of aromatic amines is 1. The average Bonchev–Trinajstić information content (AvgIpc) is 2.07. The van der Waals surface area contributed by atoms with Crippen molar-refractivity contribution in [1.82, 2.24) is 10.3 Å². The van der Waals surface area contributed by atoms with Crippen molar-refractivity contribution in [3.05, 3.63) is 33.2 Å². The highest BCUT2D eigenvalue weighted by Gasteiger charge is 2.02. The molecule has 0 saturated carbocycles. The maximum Gasteiger partial charge on any atom is 0.187 e. The number of pyridine rings is 1. The minimum Gasteiger partial charge on any atom is -0.363 e. The fourth-order valence-electron chi connectivity index (χ4n) is 1.16. The Hall–Kier alpha value is -1.09. The predicted molar refractivity (Wildman–Crippen MR) is 49.3 cm³/mol. The van der Waals surface area contributed by atoms with E-state index in [4.69, 9.17) is 0 Å². The summed E-state index contributed by atoms with van der Waals surface area (Å²) >= 11 is 0. The van der Waals surface area contributed by atoms with Gasteiger partial charge < -0.3 is 10.3 Å². The van der Waals surface area contributed by atoms with E-state index in [1.54, 1.807) is 6.20 Å². The quantitative estimate of drug-likeness (QED) is 0.679. The number of aryl methyl sites for hydroxylation is 1. The third-order valence-corrected chi connectivity index (χ3v) is 1.97. The van der Waals surface area contributed by atoms with E-state index in [1.807, 2.05) is 20.9 Å². The van der Waals surface area contributed by atoms with Crippen LogP contribution in [0.3, 0.4) is 0 Å². The van der Waals surface area contributed by atoms with Gasteiger partial charge in [0.25, 0.3) is 0 Å². The topological polar surface area (TPSA) is 44.9 Å². The van der Waals surface area contributed by atoms with Crippen LogP contribution in [0.15, 0.2) is 11.0 Å². The number of H-pyrrole nitrogens is 1. The Morgan fingerprint density at radius 3 is 2.75 bits per heavy atom. The van der Waals surface area contributed by atoms with E-state index in [-0.39, 0.29) is 5.43 Å². The standard InChI is InChI=1S/C9H14N2O/c1-6-4-11-8(5-10-3)7(2)9(6)12/h4,10H,5H2,1-3H3,(H,11,12). The lowest BCUT2D eigenvalue weighted by Crippen LogP contribution is -2.17. The average molecular weight is 166 g/mol. The molecule has 0 amide bonds. The SMILES string of the molecule is CNCc1[nH]cc(C)c(=O)c1C. The van der Waals surface area contributed by atoms with Crippen LogP contribution >= 0.6 is 0 Å². The molecule has 0 aliphatic carbocycles. The normalized spacial score (nSPS) is 10.2. The molecule has 0 aliphatic rings. The Balaban J connectivity index is 3.18. The summed E-state index contributed by atoms with van der Waals surface area (Å²) in [5.41, 5.74) is 2.68. The highest BCUT2D eigenvalue weighted by molar-refractivity contribution is 5.23. The second-order valence-corrected chi connectivity index (χ2v) is 2.93. The number of rotatable bonds is 2. The monoisotopic (exact) mass is 166 g/mol. The number of hydrogen-bond acceptors (Lipinski definition) is 2. The molecular weight excluding hydrogens is 152 g/mol. The minimum absolute atomic E-state index is 0.138. The fourth-order valence-corrected chi connectivity index (χ4v) is 1.16. The highest BCUT2D eigenvalue weighted by Crippen LogP contribution is 1.99. The molecule has 0 aliphatic heterocycles. The van der Waals surface area contributed by atoms with Crippen LogP contribution in [-0.4, -0.2) is 12.0 Å². The van der Waals surface area contributed by atoms with Gasteiger partial charge in [0.2, 0.25) is 0 Å². The summed E-state index contributed by atoms with van der Waals surface area (Å²) in [6, 6.07) is 0. The van der Waals surface area contributed by atoms with Crippen molar-refractivity contribution in [2.75, 3.05) is 7.05 Å². The van der Waals surface area contributed by atoms with Crippen LogP contribution in [0.25, 0.3) is 0 Å². The molecule has 0 unspecified atom stereocenters. The fraction of sp³-hybridized carbons (Fsp3) is 0.444. The largest absolute Gasteiger partial charge is 0.363 e. The van der Waals surface area contributed by atoms with Crippen LogP contribution in [0.1, 0.15) is 16.8 Å². The van der Waals surface area contributed by atoms with Gasteiger partial charge in [0.05, 0.1) is 0 Å². The van der Waals surface area contributed by atoms with Crippen LogP contribution < -0.4 is 10.7 Å². The highest BCUT2D eigenvalue weighted by atomic mass is 16.1. The summed E-state index contributed by atoms with van der Waals surface area (Å²) < 4.78 is 0. The molecule has 1 heterocycles. The molecule has 3 heteroatoms. The summed E-state index contributed by atoms with van der Waals surface area (Å²) in [4.78, 5) is 14.5. The molecule has 2 N–H and O–H groups in total. The lowest BCUT2D eigenvalue weighted by molar-refractivity contribution is 0.780. The summed E-state index contributed by atoms with van der Waals surface area (Å²) in [6.45, 7) is 4.37. The number of aromatic nitrogens is 1. The third kappa shape index (κ3) is 1.56. The van der Waals surface area contributed by atoms with Crippen LogP contribution in [-0.2, 0) is 6.54 Å². The molecule has 0 radical (unpaired) electrons. The third-order valence-electron chi connectivity index (χ3n) is 1.97. The van der Waals surface area contributed by atoms with Crippen molar-refractivity contribution in [2.45, 2.75) is 20.4 Å². The Kier molecular flexibility index (Phi) is 2.65. The lowest BCUT2D eigenvalue weighted by Gasteiger charge is -2.04. The number of nitrogens with one attached hydrogen (secondary N) is 2. The van der Waals surface area contributed by atoms with Gasteiger partial charge in [-0.05, 0) is 20.9 Å². The Bertz CT molecular complexity index is 328. The molecule has 3 nitrogen and oxygen atoms in total. The molecule has 1 aromatic rings. The van der Waals surface area contributed by atoms with Gasteiger partial charge in [-0.2, -0.15) is 0 Å². The minimum atomic E-state index is 0.138. The molecule has 0 aromatic carbocycles. The molecule has 1 aromatic heterocycles. The molecule has 0 spiro atoms. The Labute approximate surface area is 71.8 Å². The smallest absolute Gasteiger partial charge is 0.187 e. The summed E-state index contributed by atoms with van der Waals surface area (Å²) in [6.07, 6.45) is 1.75. The predicted octanol–water partition coefficient (Wildman–Crippen LogP) is 0.711. The van der Waals surface area contributed by atoms with Crippen molar-refractivity contribution < 1.29 is 0 Å². The van der Waals surface area contributed by atoms with Gasteiger partial charge in [0.15, 0.2) is 5.43 Å². The van der Waals surface area contributed by atoms with E-state index < -0.39 is 0 Å². The van der Waals surface area contributed by atoms with Crippen molar-refractivity contribution in [3.63, 3.8) is 0 Å². The van der Waals surface area contributed by atoms with Crippen molar-refractivity contribution in [3.8, 4) is 0 Å². The summed E-state index contributed by atoms with van der Waals surface area (Å²) in [5.74, 6) is 0. The Morgan fingerprint density at radius 1 is 1.50 bits per heavy atom. The van der Waals surface area contributed by atoms with Gasteiger partial charge in [-0.3, -0.25) is 4.79 Å². The van der Waals surface area contributed by atoms with E-state index in [0.29, 0.717) is 6.54 Å². The van der Waals surface area contributed by atoms with Gasteiger partial charge in [0.1, 0.15) is 0 Å². The molecular formula is C9H14N2O. The van der Waals surface area contributed by atoms with Crippen molar-refractivity contribution in [2.24, 2.45) is 0 Å². The first kappa shape index (κ1) is 9.00. The Morgan fingerprint density at radius 2 is 2.17 bits per heavy atom. The molecule has 12 heavy (non-hydrogen) atoms. The van der Waals surface area contributed by atoms with E-state index in [9.17, 15) is 4.79 Å². The van der Waals surface area contributed by atoms with Crippen LogP contribution in [0.5, 0.6) is 0 Å². The van der Waals surface area contributed by atoms with Gasteiger partial charge in [0, 0.05) is 29.6 Å². The van der Waals surface area contributed by atoms with Gasteiger partial charge >= 0.3 is 0 Å². The van der Waals surface area contributed by atoms with E-state index in [1.165, 1.54) is 0 Å². The first-order chi connectivity index (χ1) is 5.66. The molecule has 66 valence electrons. The first-order valence-electron chi connectivity index (χ1n) is 3.99. The zero-order valence-corrected chi connectivity index (χ0v) is 7.69. The van der Waals surface area contributed by atoms with Gasteiger partial charge in [-0.1, -0.05) is 0 Å². The maximum absolute atomic E-state index is 11.4. The maximum atomic E-state index is 11.4. The van der Waals surface area contributed by atoms with Crippen molar-refractivity contribution in [1.29, 1.82) is 0 Å². The van der Waals surface area contributed by atoms with E-state index in [0.717, 1.165) is 16.8 Å². The van der Waals surface area contributed by atoms with E-state index >= 15 is 0 Å².